The maximum absolute atomic E-state index is 12.2. The summed E-state index contributed by atoms with van der Waals surface area (Å²) in [5, 5.41) is 2.69. The van der Waals surface area contributed by atoms with Gasteiger partial charge >= 0.3 is 5.97 Å². The predicted octanol–water partition coefficient (Wildman–Crippen LogP) is 2.42. The lowest BCUT2D eigenvalue weighted by Gasteiger charge is -2.12. The second kappa shape index (κ2) is 8.48. The number of esters is 1. The van der Waals surface area contributed by atoms with Crippen molar-refractivity contribution < 1.29 is 22.7 Å². The van der Waals surface area contributed by atoms with Crippen LogP contribution in [0.15, 0.2) is 48.5 Å². The van der Waals surface area contributed by atoms with Gasteiger partial charge in [-0.3, -0.25) is 9.52 Å². The number of carbonyl (C=O) groups is 2. The molecule has 0 saturated carbocycles. The van der Waals surface area contributed by atoms with Crippen LogP contribution >= 0.6 is 0 Å². The molecular weight excluding hydrogens is 356 g/mol. The summed E-state index contributed by atoms with van der Waals surface area (Å²) in [6.07, 6.45) is 1.73. The highest BCUT2D eigenvalue weighted by atomic mass is 32.2. The first-order valence-corrected chi connectivity index (χ1v) is 9.81. The van der Waals surface area contributed by atoms with Crippen molar-refractivity contribution in [3.05, 3.63) is 59.7 Å². The van der Waals surface area contributed by atoms with E-state index in [9.17, 15) is 18.0 Å². The molecule has 7 nitrogen and oxygen atoms in total. The highest BCUT2D eigenvalue weighted by Crippen LogP contribution is 2.18. The van der Waals surface area contributed by atoms with E-state index in [2.05, 4.69) is 10.0 Å². The van der Waals surface area contributed by atoms with E-state index in [1.165, 1.54) is 12.1 Å². The Labute approximate surface area is 152 Å². The van der Waals surface area contributed by atoms with Gasteiger partial charge in [-0.25, -0.2) is 13.2 Å². The van der Waals surface area contributed by atoms with Gasteiger partial charge in [-0.15, -0.1) is 0 Å². The van der Waals surface area contributed by atoms with Crippen LogP contribution in [0.1, 0.15) is 22.8 Å². The Morgan fingerprint density at radius 2 is 1.62 bits per heavy atom. The van der Waals surface area contributed by atoms with Crippen molar-refractivity contribution in [2.75, 3.05) is 22.9 Å². The molecule has 0 aliphatic carbocycles. The van der Waals surface area contributed by atoms with Crippen LogP contribution in [-0.2, 0) is 26.0 Å². The zero-order valence-electron chi connectivity index (χ0n) is 14.5. The van der Waals surface area contributed by atoms with E-state index in [4.69, 9.17) is 4.74 Å². The maximum Gasteiger partial charge on any atom is 0.340 e. The van der Waals surface area contributed by atoms with Crippen LogP contribution in [0.25, 0.3) is 0 Å². The van der Waals surface area contributed by atoms with Crippen molar-refractivity contribution >= 4 is 33.3 Å². The van der Waals surface area contributed by atoms with Crippen LogP contribution in [0.2, 0.25) is 0 Å². The van der Waals surface area contributed by atoms with E-state index in [0.717, 1.165) is 18.2 Å². The Kier molecular flexibility index (Phi) is 6.35. The van der Waals surface area contributed by atoms with Gasteiger partial charge in [0.1, 0.15) is 0 Å². The lowest BCUT2D eigenvalue weighted by Crippen LogP contribution is -2.22. The van der Waals surface area contributed by atoms with E-state index >= 15 is 0 Å². The van der Waals surface area contributed by atoms with Gasteiger partial charge in [0, 0.05) is 5.69 Å². The molecule has 0 heterocycles. The van der Waals surface area contributed by atoms with Gasteiger partial charge in [-0.1, -0.05) is 37.3 Å². The second-order valence-corrected chi connectivity index (χ2v) is 7.30. The number of aryl methyl sites for hydroxylation is 1. The third kappa shape index (κ3) is 5.59. The summed E-state index contributed by atoms with van der Waals surface area (Å²) in [5.74, 6) is -1.27. The van der Waals surface area contributed by atoms with Gasteiger partial charge in [0.05, 0.1) is 17.5 Å². The molecule has 2 N–H and O–H groups in total. The van der Waals surface area contributed by atoms with Crippen LogP contribution in [-0.4, -0.2) is 33.2 Å². The number of anilines is 2. The standard InChI is InChI=1S/C18H20N2O5S/c1-3-13-8-4-6-10-15(13)19-17(21)12-25-18(22)14-9-5-7-11-16(14)20-26(2,23)24/h4-11,20H,3,12H2,1-2H3,(H,19,21). The molecule has 0 aliphatic heterocycles. The number of carbonyl (C=O) groups excluding carboxylic acids is 2. The summed E-state index contributed by atoms with van der Waals surface area (Å²) in [6.45, 7) is 1.49. The molecule has 0 fully saturated rings. The minimum atomic E-state index is -3.55. The van der Waals surface area contributed by atoms with Gasteiger partial charge in [0.15, 0.2) is 6.61 Å². The van der Waals surface area contributed by atoms with Gasteiger partial charge < -0.3 is 10.1 Å². The lowest BCUT2D eigenvalue weighted by molar-refractivity contribution is -0.119. The number of hydrogen-bond donors (Lipinski definition) is 2. The molecule has 0 saturated heterocycles. The number of benzene rings is 2. The number of amides is 1. The smallest absolute Gasteiger partial charge is 0.340 e. The molecule has 0 spiro atoms. The number of sulfonamides is 1. The van der Waals surface area contributed by atoms with E-state index in [1.807, 2.05) is 19.1 Å². The lowest BCUT2D eigenvalue weighted by atomic mass is 10.1. The molecule has 2 aromatic carbocycles. The van der Waals surface area contributed by atoms with E-state index in [0.29, 0.717) is 5.69 Å². The summed E-state index contributed by atoms with van der Waals surface area (Å²) >= 11 is 0. The van der Waals surface area contributed by atoms with Crippen LogP contribution in [0.3, 0.4) is 0 Å². The third-order valence-electron chi connectivity index (χ3n) is 3.45. The Balaban J connectivity index is 2.02. The first kappa shape index (κ1) is 19.5. The van der Waals surface area contributed by atoms with Crippen molar-refractivity contribution in [3.8, 4) is 0 Å². The molecule has 0 radical (unpaired) electrons. The normalized spacial score (nSPS) is 10.8. The summed E-state index contributed by atoms with van der Waals surface area (Å²) in [4.78, 5) is 24.2. The van der Waals surface area contributed by atoms with Crippen molar-refractivity contribution in [2.45, 2.75) is 13.3 Å². The molecular formula is C18H20N2O5S. The van der Waals surface area contributed by atoms with Gasteiger partial charge in [-0.05, 0) is 30.2 Å². The largest absolute Gasteiger partial charge is 0.452 e. The first-order valence-electron chi connectivity index (χ1n) is 7.92. The van der Waals surface area contributed by atoms with Crippen molar-refractivity contribution in [1.29, 1.82) is 0 Å². The molecule has 2 aromatic rings. The first-order chi connectivity index (χ1) is 12.3. The highest BCUT2D eigenvalue weighted by molar-refractivity contribution is 7.92. The third-order valence-corrected chi connectivity index (χ3v) is 4.04. The van der Waals surface area contributed by atoms with Crippen LogP contribution in [0.5, 0.6) is 0 Å². The van der Waals surface area contributed by atoms with E-state index < -0.39 is 28.5 Å². The summed E-state index contributed by atoms with van der Waals surface area (Å²) < 4.78 is 30.0. The Hall–Kier alpha value is -2.87. The fraction of sp³-hybridized carbons (Fsp3) is 0.222. The molecule has 0 aliphatic rings. The molecule has 26 heavy (non-hydrogen) atoms. The predicted molar refractivity (Wildman–Crippen MR) is 99.6 cm³/mol. The SMILES string of the molecule is CCc1ccccc1NC(=O)COC(=O)c1ccccc1NS(C)(=O)=O. The minimum Gasteiger partial charge on any atom is -0.452 e. The second-order valence-electron chi connectivity index (χ2n) is 5.55. The molecule has 2 rings (SSSR count). The van der Waals surface area contributed by atoms with Gasteiger partial charge in [0.25, 0.3) is 5.91 Å². The van der Waals surface area contributed by atoms with E-state index in [1.54, 1.807) is 24.3 Å². The van der Waals surface area contributed by atoms with Crippen molar-refractivity contribution in [1.82, 2.24) is 0 Å². The molecule has 0 atom stereocenters. The monoisotopic (exact) mass is 376 g/mol. The quantitative estimate of drug-likeness (QED) is 0.723. The average Bonchev–Trinajstić information content (AvgIpc) is 2.59. The zero-order chi connectivity index (χ0) is 19.2. The number of nitrogens with one attached hydrogen (secondary N) is 2. The van der Waals surface area contributed by atoms with Crippen LogP contribution in [0.4, 0.5) is 11.4 Å². The molecule has 0 bridgehead atoms. The van der Waals surface area contributed by atoms with Gasteiger partial charge in [0.2, 0.25) is 10.0 Å². The minimum absolute atomic E-state index is 0.0275. The zero-order valence-corrected chi connectivity index (χ0v) is 15.3. The fourth-order valence-electron chi connectivity index (χ4n) is 2.30. The topological polar surface area (TPSA) is 102 Å². The Morgan fingerprint density at radius 3 is 2.27 bits per heavy atom. The molecule has 8 heteroatoms. The number of ether oxygens (including phenoxy) is 1. The number of rotatable bonds is 7. The summed E-state index contributed by atoms with van der Waals surface area (Å²) in [5.41, 5.74) is 1.75. The summed E-state index contributed by atoms with van der Waals surface area (Å²) in [7, 11) is -3.55. The van der Waals surface area contributed by atoms with Crippen LogP contribution < -0.4 is 10.0 Å². The van der Waals surface area contributed by atoms with Crippen LogP contribution in [0, 0.1) is 0 Å². The highest BCUT2D eigenvalue weighted by Gasteiger charge is 2.16. The van der Waals surface area contributed by atoms with Crippen molar-refractivity contribution in [3.63, 3.8) is 0 Å². The fourth-order valence-corrected chi connectivity index (χ4v) is 2.87. The molecule has 0 unspecified atom stereocenters. The molecule has 138 valence electrons. The molecule has 0 aromatic heterocycles. The number of hydrogen-bond acceptors (Lipinski definition) is 5. The Morgan fingerprint density at radius 1 is 1.00 bits per heavy atom. The van der Waals surface area contributed by atoms with Gasteiger partial charge in [-0.2, -0.15) is 0 Å². The molecule has 1 amide bonds. The van der Waals surface area contributed by atoms with E-state index in [-0.39, 0.29) is 11.3 Å². The number of para-hydroxylation sites is 2. The average molecular weight is 376 g/mol. The maximum atomic E-state index is 12.2. The summed E-state index contributed by atoms with van der Waals surface area (Å²) in [6, 6.07) is 13.3. The van der Waals surface area contributed by atoms with Crippen molar-refractivity contribution in [2.24, 2.45) is 0 Å². The Bertz CT molecular complexity index is 909.